The molecule has 1 amide bonds. The SMILES string of the molecule is Cc1c(C(=O)Nc2ccc(N3CCCC3)cc2)[nH]c2cc(Cl)ccc12. The second-order valence-electron chi connectivity index (χ2n) is 6.51. The molecule has 4 nitrogen and oxygen atoms in total. The lowest BCUT2D eigenvalue weighted by Gasteiger charge is -2.17. The van der Waals surface area contributed by atoms with E-state index in [-0.39, 0.29) is 5.91 Å². The zero-order valence-corrected chi connectivity index (χ0v) is 14.9. The standard InChI is InChI=1S/C20H20ClN3O/c1-13-17-9-4-14(21)12-18(17)23-19(13)20(25)22-15-5-7-16(8-6-15)24-10-2-3-11-24/h4-9,12,23H,2-3,10-11H2,1H3,(H,22,25). The molecule has 0 radical (unpaired) electrons. The van der Waals surface area contributed by atoms with Gasteiger partial charge in [-0.25, -0.2) is 0 Å². The number of hydrogen-bond donors (Lipinski definition) is 2. The zero-order valence-electron chi connectivity index (χ0n) is 14.1. The molecule has 0 saturated carbocycles. The minimum absolute atomic E-state index is 0.140. The van der Waals surface area contributed by atoms with Crippen molar-refractivity contribution in [1.82, 2.24) is 4.98 Å². The number of rotatable bonds is 3. The summed E-state index contributed by atoms with van der Waals surface area (Å²) in [6.07, 6.45) is 2.50. The van der Waals surface area contributed by atoms with Gasteiger partial charge in [-0.05, 0) is 61.7 Å². The molecule has 25 heavy (non-hydrogen) atoms. The van der Waals surface area contributed by atoms with Crippen LogP contribution in [-0.4, -0.2) is 24.0 Å². The number of hydrogen-bond acceptors (Lipinski definition) is 2. The fourth-order valence-electron chi connectivity index (χ4n) is 3.46. The fraction of sp³-hybridized carbons (Fsp3) is 0.250. The van der Waals surface area contributed by atoms with Crippen molar-refractivity contribution in [2.24, 2.45) is 0 Å². The van der Waals surface area contributed by atoms with Crippen LogP contribution in [0.5, 0.6) is 0 Å². The minimum Gasteiger partial charge on any atom is -0.372 e. The Morgan fingerprint density at radius 1 is 1.12 bits per heavy atom. The van der Waals surface area contributed by atoms with Crippen molar-refractivity contribution in [2.75, 3.05) is 23.3 Å². The van der Waals surface area contributed by atoms with Crippen LogP contribution in [0.4, 0.5) is 11.4 Å². The molecule has 0 bridgehead atoms. The van der Waals surface area contributed by atoms with E-state index in [2.05, 4.69) is 27.3 Å². The Balaban J connectivity index is 1.54. The quantitative estimate of drug-likeness (QED) is 0.697. The third-order valence-corrected chi connectivity index (χ3v) is 5.08. The highest BCUT2D eigenvalue weighted by Gasteiger charge is 2.16. The van der Waals surface area contributed by atoms with Crippen LogP contribution in [0.15, 0.2) is 42.5 Å². The van der Waals surface area contributed by atoms with Crippen LogP contribution in [0.25, 0.3) is 10.9 Å². The number of aromatic amines is 1. The lowest BCUT2D eigenvalue weighted by molar-refractivity contribution is 0.102. The van der Waals surface area contributed by atoms with Gasteiger partial charge in [0, 0.05) is 40.4 Å². The van der Waals surface area contributed by atoms with Gasteiger partial charge < -0.3 is 15.2 Å². The minimum atomic E-state index is -0.140. The number of nitrogens with zero attached hydrogens (tertiary/aromatic N) is 1. The number of amides is 1. The molecule has 0 aliphatic carbocycles. The average molecular weight is 354 g/mol. The number of benzene rings is 2. The summed E-state index contributed by atoms with van der Waals surface area (Å²) in [6, 6.07) is 13.7. The van der Waals surface area contributed by atoms with Gasteiger partial charge >= 0.3 is 0 Å². The molecule has 0 atom stereocenters. The number of nitrogens with one attached hydrogen (secondary N) is 2. The number of carbonyl (C=O) groups is 1. The summed E-state index contributed by atoms with van der Waals surface area (Å²) in [5.41, 5.74) is 4.38. The van der Waals surface area contributed by atoms with Crippen LogP contribution in [0, 0.1) is 6.92 Å². The number of fused-ring (bicyclic) bond motifs is 1. The van der Waals surface area contributed by atoms with Crippen LogP contribution in [-0.2, 0) is 0 Å². The predicted molar refractivity (Wildman–Crippen MR) is 104 cm³/mol. The van der Waals surface area contributed by atoms with Crippen LogP contribution in [0.2, 0.25) is 5.02 Å². The number of aryl methyl sites for hydroxylation is 1. The van der Waals surface area contributed by atoms with Gasteiger partial charge in [0.15, 0.2) is 0 Å². The summed E-state index contributed by atoms with van der Waals surface area (Å²) >= 11 is 6.03. The maximum atomic E-state index is 12.6. The second-order valence-corrected chi connectivity index (χ2v) is 6.95. The first kappa shape index (κ1) is 16.0. The van der Waals surface area contributed by atoms with Crippen LogP contribution in [0.1, 0.15) is 28.9 Å². The topological polar surface area (TPSA) is 48.1 Å². The fourth-order valence-corrected chi connectivity index (χ4v) is 3.63. The third-order valence-electron chi connectivity index (χ3n) is 4.84. The van der Waals surface area contributed by atoms with Gasteiger partial charge in [0.25, 0.3) is 5.91 Å². The van der Waals surface area contributed by atoms with Gasteiger partial charge in [0.1, 0.15) is 5.69 Å². The Hall–Kier alpha value is -2.46. The molecule has 1 aliphatic rings. The first-order valence-electron chi connectivity index (χ1n) is 8.56. The van der Waals surface area contributed by atoms with Crippen LogP contribution in [0.3, 0.4) is 0 Å². The van der Waals surface area contributed by atoms with Crippen LogP contribution >= 0.6 is 11.6 Å². The number of anilines is 2. The summed E-state index contributed by atoms with van der Waals surface area (Å²) in [4.78, 5) is 18.2. The van der Waals surface area contributed by atoms with Gasteiger partial charge in [0.05, 0.1) is 0 Å². The molecular weight excluding hydrogens is 334 g/mol. The summed E-state index contributed by atoms with van der Waals surface area (Å²) in [5, 5.41) is 4.63. The summed E-state index contributed by atoms with van der Waals surface area (Å²) < 4.78 is 0. The van der Waals surface area contributed by atoms with Crippen LogP contribution < -0.4 is 10.2 Å². The molecule has 1 aliphatic heterocycles. The molecule has 0 spiro atoms. The molecule has 2 heterocycles. The lowest BCUT2D eigenvalue weighted by Crippen LogP contribution is -2.17. The smallest absolute Gasteiger partial charge is 0.272 e. The molecule has 1 saturated heterocycles. The average Bonchev–Trinajstić information content (AvgIpc) is 3.24. The Kier molecular flexibility index (Phi) is 4.14. The monoisotopic (exact) mass is 353 g/mol. The van der Waals surface area contributed by atoms with Crippen molar-refractivity contribution in [3.05, 3.63) is 58.7 Å². The number of halogens is 1. The van der Waals surface area contributed by atoms with Gasteiger partial charge in [0.2, 0.25) is 0 Å². The predicted octanol–water partition coefficient (Wildman–Crippen LogP) is 4.98. The second kappa shape index (κ2) is 6.45. The first-order valence-corrected chi connectivity index (χ1v) is 8.94. The molecule has 2 N–H and O–H groups in total. The van der Waals surface area contributed by atoms with E-state index in [4.69, 9.17) is 11.6 Å². The van der Waals surface area contributed by atoms with Crippen molar-refractivity contribution < 1.29 is 4.79 Å². The highest BCUT2D eigenvalue weighted by atomic mass is 35.5. The van der Waals surface area contributed by atoms with Crippen molar-refractivity contribution in [2.45, 2.75) is 19.8 Å². The maximum absolute atomic E-state index is 12.6. The van der Waals surface area contributed by atoms with Gasteiger partial charge in [-0.15, -0.1) is 0 Å². The van der Waals surface area contributed by atoms with E-state index in [1.165, 1.54) is 18.5 Å². The Bertz CT molecular complexity index is 924. The summed E-state index contributed by atoms with van der Waals surface area (Å²) in [6.45, 7) is 4.17. The summed E-state index contributed by atoms with van der Waals surface area (Å²) in [5.74, 6) is -0.140. The van der Waals surface area contributed by atoms with E-state index in [0.717, 1.165) is 35.2 Å². The van der Waals surface area contributed by atoms with Gasteiger partial charge in [-0.2, -0.15) is 0 Å². The third kappa shape index (κ3) is 3.10. The van der Waals surface area contributed by atoms with Crippen molar-refractivity contribution >= 4 is 39.8 Å². The largest absolute Gasteiger partial charge is 0.372 e. The Morgan fingerprint density at radius 3 is 2.56 bits per heavy atom. The maximum Gasteiger partial charge on any atom is 0.272 e. The Morgan fingerprint density at radius 2 is 1.84 bits per heavy atom. The van der Waals surface area contributed by atoms with Crippen molar-refractivity contribution in [3.63, 3.8) is 0 Å². The number of aromatic nitrogens is 1. The highest BCUT2D eigenvalue weighted by molar-refractivity contribution is 6.31. The number of carbonyl (C=O) groups excluding carboxylic acids is 1. The molecular formula is C20H20ClN3O. The van der Waals surface area contributed by atoms with E-state index in [0.29, 0.717) is 10.7 Å². The van der Waals surface area contributed by atoms with Gasteiger partial charge in [-0.1, -0.05) is 17.7 Å². The molecule has 128 valence electrons. The normalized spacial score (nSPS) is 14.2. The molecule has 3 aromatic rings. The van der Waals surface area contributed by atoms with E-state index >= 15 is 0 Å². The highest BCUT2D eigenvalue weighted by Crippen LogP contribution is 2.26. The zero-order chi connectivity index (χ0) is 17.4. The molecule has 2 aromatic carbocycles. The van der Waals surface area contributed by atoms with E-state index in [9.17, 15) is 4.79 Å². The van der Waals surface area contributed by atoms with E-state index in [1.807, 2.05) is 37.3 Å². The molecule has 1 aromatic heterocycles. The first-order chi connectivity index (χ1) is 12.1. The Labute approximate surface area is 151 Å². The van der Waals surface area contributed by atoms with Crippen molar-refractivity contribution in [1.29, 1.82) is 0 Å². The van der Waals surface area contributed by atoms with Crippen molar-refractivity contribution in [3.8, 4) is 0 Å². The molecule has 0 unspecified atom stereocenters. The molecule has 1 fully saturated rings. The van der Waals surface area contributed by atoms with E-state index in [1.54, 1.807) is 0 Å². The molecule has 5 heteroatoms. The van der Waals surface area contributed by atoms with E-state index < -0.39 is 0 Å². The summed E-state index contributed by atoms with van der Waals surface area (Å²) in [7, 11) is 0. The van der Waals surface area contributed by atoms with Gasteiger partial charge in [-0.3, -0.25) is 4.79 Å². The lowest BCUT2D eigenvalue weighted by atomic mass is 10.1. The molecule has 4 rings (SSSR count). The number of H-pyrrole nitrogens is 1.